The summed E-state index contributed by atoms with van der Waals surface area (Å²) in [7, 11) is -4.21. The predicted molar refractivity (Wildman–Crippen MR) is 122 cm³/mol. The fourth-order valence-corrected chi connectivity index (χ4v) is 4.27. The van der Waals surface area contributed by atoms with Gasteiger partial charge in [-0.25, -0.2) is 0 Å². The molecule has 0 radical (unpaired) electrons. The van der Waals surface area contributed by atoms with Gasteiger partial charge >= 0.3 is 0 Å². The van der Waals surface area contributed by atoms with Gasteiger partial charge in [0.1, 0.15) is 11.5 Å². The summed E-state index contributed by atoms with van der Waals surface area (Å²) in [6.07, 6.45) is 4.64. The van der Waals surface area contributed by atoms with E-state index in [1.807, 2.05) is 48.5 Å². The molecule has 0 aliphatic carbocycles. The van der Waals surface area contributed by atoms with Crippen LogP contribution in [0.5, 0.6) is 11.5 Å². The van der Waals surface area contributed by atoms with Crippen LogP contribution in [0.4, 0.5) is 0 Å². The van der Waals surface area contributed by atoms with Crippen molar-refractivity contribution in [2.75, 3.05) is 0 Å². The van der Waals surface area contributed by atoms with Gasteiger partial charge in [0.15, 0.2) is 0 Å². The number of hydrogen-bond donors (Lipinski definition) is 3. The molecule has 3 rings (SSSR count). The van der Waals surface area contributed by atoms with E-state index in [4.69, 9.17) is 0 Å². The molecule has 0 aliphatic heterocycles. The summed E-state index contributed by atoms with van der Waals surface area (Å²) in [4.78, 5) is 0. The van der Waals surface area contributed by atoms with Crippen LogP contribution < -0.4 is 0 Å². The van der Waals surface area contributed by atoms with E-state index in [2.05, 4.69) is 0 Å². The maximum atomic E-state index is 11.9. The molecule has 0 saturated carbocycles. The Bertz CT molecular complexity index is 1090. The highest BCUT2D eigenvalue weighted by Crippen LogP contribution is 2.28. The number of phenols is 2. The highest BCUT2D eigenvalue weighted by atomic mass is 32.2. The molecule has 31 heavy (non-hydrogen) atoms. The molecule has 2 atom stereocenters. The standard InChI is InChI=1S/C25H26O5S/c26-22-14-9-19(10-15-22)11-18-24(31(28,29)30)7-4-8-25(20-5-2-1-3-6-20)21-12-16-23(27)17-13-21/h1-6,8-10,12-17,24-27H,7,11,18H2,(H,28,29,30)/b8-4+/t24-,25?/m1/s1. The molecule has 0 fully saturated rings. The topological polar surface area (TPSA) is 94.8 Å². The Labute approximate surface area is 183 Å². The smallest absolute Gasteiger partial charge is 0.268 e. The third-order valence-corrected chi connectivity index (χ3v) is 6.52. The first-order chi connectivity index (χ1) is 14.8. The molecule has 6 heteroatoms. The van der Waals surface area contributed by atoms with Crippen molar-refractivity contribution in [3.63, 3.8) is 0 Å². The lowest BCUT2D eigenvalue weighted by molar-refractivity contribution is 0.461. The van der Waals surface area contributed by atoms with Crippen molar-refractivity contribution in [1.82, 2.24) is 0 Å². The maximum Gasteiger partial charge on any atom is 0.268 e. The number of phenolic OH excluding ortho intramolecular Hbond substituents is 2. The molecule has 0 saturated heterocycles. The van der Waals surface area contributed by atoms with E-state index in [9.17, 15) is 23.2 Å². The van der Waals surface area contributed by atoms with Crippen LogP contribution in [0.2, 0.25) is 0 Å². The van der Waals surface area contributed by atoms with Crippen LogP contribution in [0.15, 0.2) is 91.0 Å². The van der Waals surface area contributed by atoms with Gasteiger partial charge in [-0.3, -0.25) is 4.55 Å². The molecule has 162 valence electrons. The summed E-state index contributed by atoms with van der Waals surface area (Å²) in [5.41, 5.74) is 2.89. The second-order valence-electron chi connectivity index (χ2n) is 7.49. The van der Waals surface area contributed by atoms with Gasteiger partial charge in [0.25, 0.3) is 10.1 Å². The Morgan fingerprint density at radius 1 is 0.774 bits per heavy atom. The number of rotatable bonds is 9. The maximum absolute atomic E-state index is 11.9. The van der Waals surface area contributed by atoms with E-state index in [1.165, 1.54) is 0 Å². The summed E-state index contributed by atoms with van der Waals surface area (Å²) < 4.78 is 33.5. The van der Waals surface area contributed by atoms with Crippen molar-refractivity contribution in [2.45, 2.75) is 30.4 Å². The Hall–Kier alpha value is -3.09. The molecule has 3 aromatic rings. The van der Waals surface area contributed by atoms with Gasteiger partial charge in [0, 0.05) is 5.92 Å². The summed E-state index contributed by atoms with van der Waals surface area (Å²) in [6.45, 7) is 0. The quantitative estimate of drug-likeness (QED) is 0.320. The van der Waals surface area contributed by atoms with Crippen LogP contribution in [-0.4, -0.2) is 28.4 Å². The number of allylic oxidation sites excluding steroid dienone is 2. The average Bonchev–Trinajstić information content (AvgIpc) is 2.75. The van der Waals surface area contributed by atoms with E-state index >= 15 is 0 Å². The molecule has 0 amide bonds. The SMILES string of the molecule is O=S(=O)(O)[C@H](C/C=C/C(c1ccccc1)c1ccc(O)cc1)CCc1ccc(O)cc1. The summed E-state index contributed by atoms with van der Waals surface area (Å²) in [5.74, 6) is 0.223. The Balaban J connectivity index is 1.76. The minimum absolute atomic E-state index is 0.110. The predicted octanol–water partition coefficient (Wildman–Crippen LogP) is 5.07. The second-order valence-corrected chi connectivity index (χ2v) is 9.18. The Kier molecular flexibility index (Phi) is 7.50. The highest BCUT2D eigenvalue weighted by Gasteiger charge is 2.22. The van der Waals surface area contributed by atoms with E-state index < -0.39 is 15.4 Å². The number of aryl methyl sites for hydroxylation is 1. The molecule has 5 nitrogen and oxygen atoms in total. The lowest BCUT2D eigenvalue weighted by Crippen LogP contribution is -2.20. The zero-order valence-electron chi connectivity index (χ0n) is 17.0. The zero-order chi connectivity index (χ0) is 22.3. The molecule has 0 spiro atoms. The second kappa shape index (κ2) is 10.3. The Morgan fingerprint density at radius 3 is 1.90 bits per heavy atom. The van der Waals surface area contributed by atoms with Crippen LogP contribution in [0.25, 0.3) is 0 Å². The third kappa shape index (κ3) is 6.70. The van der Waals surface area contributed by atoms with Crippen molar-refractivity contribution in [3.05, 3.63) is 108 Å². The van der Waals surface area contributed by atoms with Crippen LogP contribution in [0.1, 0.15) is 35.4 Å². The van der Waals surface area contributed by atoms with Crippen molar-refractivity contribution < 1.29 is 23.2 Å². The number of aromatic hydroxyl groups is 2. The number of hydrogen-bond acceptors (Lipinski definition) is 4. The fourth-order valence-electron chi connectivity index (χ4n) is 3.50. The molecule has 0 heterocycles. The first kappa shape index (κ1) is 22.6. The average molecular weight is 439 g/mol. The number of benzene rings is 3. The molecule has 0 aromatic heterocycles. The molecular formula is C25H26O5S. The van der Waals surface area contributed by atoms with Crippen molar-refractivity contribution in [2.24, 2.45) is 0 Å². The molecule has 0 aliphatic rings. The Morgan fingerprint density at radius 2 is 1.32 bits per heavy atom. The minimum atomic E-state index is -4.21. The minimum Gasteiger partial charge on any atom is -0.508 e. The summed E-state index contributed by atoms with van der Waals surface area (Å²) in [6, 6.07) is 23.3. The van der Waals surface area contributed by atoms with E-state index in [0.29, 0.717) is 6.42 Å². The monoisotopic (exact) mass is 438 g/mol. The molecule has 1 unspecified atom stereocenters. The van der Waals surface area contributed by atoms with E-state index in [1.54, 1.807) is 42.5 Å². The molecular weight excluding hydrogens is 412 g/mol. The third-order valence-electron chi connectivity index (χ3n) is 5.25. The van der Waals surface area contributed by atoms with Crippen molar-refractivity contribution >= 4 is 10.1 Å². The molecule has 0 bridgehead atoms. The van der Waals surface area contributed by atoms with Gasteiger partial charge in [0.2, 0.25) is 0 Å². The van der Waals surface area contributed by atoms with Gasteiger partial charge < -0.3 is 10.2 Å². The normalized spacial score (nSPS) is 13.8. The van der Waals surface area contributed by atoms with Gasteiger partial charge in [0.05, 0.1) is 5.25 Å². The lowest BCUT2D eigenvalue weighted by Gasteiger charge is -2.16. The highest BCUT2D eigenvalue weighted by molar-refractivity contribution is 7.86. The summed E-state index contributed by atoms with van der Waals surface area (Å²) >= 11 is 0. The van der Waals surface area contributed by atoms with Crippen LogP contribution in [-0.2, 0) is 16.5 Å². The molecule has 3 N–H and O–H groups in total. The molecule has 3 aromatic carbocycles. The van der Waals surface area contributed by atoms with Gasteiger partial charge in [-0.1, -0.05) is 66.7 Å². The van der Waals surface area contributed by atoms with Gasteiger partial charge in [-0.05, 0) is 60.2 Å². The van der Waals surface area contributed by atoms with E-state index in [-0.39, 0.29) is 30.3 Å². The lowest BCUT2D eigenvalue weighted by atomic mass is 9.90. The first-order valence-electron chi connectivity index (χ1n) is 10.1. The van der Waals surface area contributed by atoms with Crippen LogP contribution in [0, 0.1) is 0 Å². The van der Waals surface area contributed by atoms with Gasteiger partial charge in [-0.2, -0.15) is 8.42 Å². The van der Waals surface area contributed by atoms with E-state index in [0.717, 1.165) is 16.7 Å². The van der Waals surface area contributed by atoms with Crippen molar-refractivity contribution in [3.8, 4) is 11.5 Å². The fraction of sp³-hybridized carbons (Fsp3) is 0.200. The van der Waals surface area contributed by atoms with Crippen LogP contribution >= 0.6 is 0 Å². The summed E-state index contributed by atoms with van der Waals surface area (Å²) in [5, 5.41) is 18.0. The van der Waals surface area contributed by atoms with Crippen molar-refractivity contribution in [1.29, 1.82) is 0 Å². The van der Waals surface area contributed by atoms with Crippen LogP contribution in [0.3, 0.4) is 0 Å². The largest absolute Gasteiger partial charge is 0.508 e. The zero-order valence-corrected chi connectivity index (χ0v) is 17.8. The van der Waals surface area contributed by atoms with Gasteiger partial charge in [-0.15, -0.1) is 0 Å². The first-order valence-corrected chi connectivity index (χ1v) is 11.6.